The third-order valence-corrected chi connectivity index (χ3v) is 5.93. The van der Waals surface area contributed by atoms with E-state index < -0.39 is 49.1 Å². The Kier molecular flexibility index (Phi) is 10.1. The molecule has 2 amide bonds. The van der Waals surface area contributed by atoms with Gasteiger partial charge in [0.05, 0.1) is 33.6 Å². The van der Waals surface area contributed by atoms with Gasteiger partial charge < -0.3 is 10.6 Å². The Balaban J connectivity index is 2.06. The highest BCUT2D eigenvalue weighted by atomic mass is 35.5. The van der Waals surface area contributed by atoms with Gasteiger partial charge in [-0.2, -0.15) is 26.3 Å². The van der Waals surface area contributed by atoms with Crippen molar-refractivity contribution in [3.63, 3.8) is 0 Å². The number of halogens is 9. The summed E-state index contributed by atoms with van der Waals surface area (Å²) in [5.74, 6) is -3.56. The van der Waals surface area contributed by atoms with Crippen molar-refractivity contribution >= 4 is 52.7 Å². The van der Waals surface area contributed by atoms with Gasteiger partial charge in [0.15, 0.2) is 0 Å². The monoisotopic (exact) mass is 574 g/mol. The summed E-state index contributed by atoms with van der Waals surface area (Å²) in [5.41, 5.74) is 0.257. The van der Waals surface area contributed by atoms with Crippen LogP contribution in [0.4, 0.5) is 26.3 Å². The molecule has 1 unspecified atom stereocenters. The molecule has 2 rings (SSSR count). The van der Waals surface area contributed by atoms with Crippen molar-refractivity contribution in [2.75, 3.05) is 0 Å². The lowest BCUT2D eigenvalue weighted by Gasteiger charge is -2.18. The summed E-state index contributed by atoms with van der Waals surface area (Å²) in [6.07, 6.45) is -10.0. The van der Waals surface area contributed by atoms with E-state index in [4.69, 9.17) is 34.8 Å². The zero-order chi connectivity index (χ0) is 27.3. The van der Waals surface area contributed by atoms with Gasteiger partial charge in [-0.3, -0.25) is 9.59 Å². The van der Waals surface area contributed by atoms with Crippen molar-refractivity contribution in [3.05, 3.63) is 74.2 Å². The van der Waals surface area contributed by atoms with E-state index in [2.05, 4.69) is 10.6 Å². The van der Waals surface area contributed by atoms with E-state index in [0.29, 0.717) is 5.56 Å². The maximum absolute atomic E-state index is 13.7. The average Bonchev–Trinajstić information content (AvgIpc) is 2.75. The van der Waals surface area contributed by atoms with E-state index in [1.165, 1.54) is 37.3 Å². The third-order valence-electron chi connectivity index (χ3n) is 4.73. The molecule has 0 bridgehead atoms. The maximum atomic E-state index is 13.7. The number of carbonyl (C=O) groups is 2. The number of allylic oxidation sites excluding steroid dienone is 1. The SMILES string of the molecule is C[C@H](NC(=O)CCC(F)(F)F)NC(=O)c1ccc(C=CC(c2cc(Cl)c(Cl)c(Cl)c2)C(F)(F)F)cc1. The molecule has 0 fully saturated rings. The van der Waals surface area contributed by atoms with Crippen molar-refractivity contribution < 1.29 is 35.9 Å². The molecule has 0 saturated carbocycles. The summed E-state index contributed by atoms with van der Waals surface area (Å²) in [5, 5.41) is 4.31. The standard InChI is InChI=1S/C23H19Cl3F6N2O2/c1-12(33-19(35)8-9-22(27,28)29)34-21(36)14-5-2-13(3-6-14)4-7-16(23(30,31)32)15-10-17(24)20(26)18(25)11-15/h2-7,10-12,16H,8-9H2,1H3,(H,33,35)(H,34,36)/t12-,16?/m1/s1. The Bertz CT molecular complexity index is 1100. The molecular formula is C23H19Cl3F6N2O2. The minimum absolute atomic E-state index is 0.0592. The topological polar surface area (TPSA) is 58.2 Å². The quantitative estimate of drug-likeness (QED) is 0.194. The van der Waals surface area contributed by atoms with Crippen LogP contribution in [0.25, 0.3) is 6.08 Å². The molecule has 0 aliphatic carbocycles. The van der Waals surface area contributed by atoms with E-state index in [0.717, 1.165) is 18.2 Å². The molecule has 196 valence electrons. The number of nitrogens with one attached hydrogen (secondary N) is 2. The number of alkyl halides is 6. The van der Waals surface area contributed by atoms with E-state index >= 15 is 0 Å². The van der Waals surface area contributed by atoms with Crippen molar-refractivity contribution in [1.82, 2.24) is 10.6 Å². The summed E-state index contributed by atoms with van der Waals surface area (Å²) >= 11 is 17.5. The maximum Gasteiger partial charge on any atom is 0.399 e. The van der Waals surface area contributed by atoms with Crippen LogP contribution in [-0.2, 0) is 4.79 Å². The van der Waals surface area contributed by atoms with Gasteiger partial charge in [0.25, 0.3) is 5.91 Å². The molecule has 0 spiro atoms. The van der Waals surface area contributed by atoms with Gasteiger partial charge in [-0.05, 0) is 42.3 Å². The lowest BCUT2D eigenvalue weighted by atomic mass is 9.97. The second-order valence-electron chi connectivity index (χ2n) is 7.68. The lowest BCUT2D eigenvalue weighted by molar-refractivity contribution is -0.144. The fourth-order valence-corrected chi connectivity index (χ4v) is 3.61. The summed E-state index contributed by atoms with van der Waals surface area (Å²) in [4.78, 5) is 23.8. The molecule has 0 aromatic heterocycles. The Morgan fingerprint density at radius 2 is 1.50 bits per heavy atom. The molecule has 4 nitrogen and oxygen atoms in total. The second-order valence-corrected chi connectivity index (χ2v) is 8.87. The van der Waals surface area contributed by atoms with Gasteiger partial charge in [0.2, 0.25) is 5.91 Å². The predicted octanol–water partition coefficient (Wildman–Crippen LogP) is 7.54. The molecular weight excluding hydrogens is 557 g/mol. The lowest BCUT2D eigenvalue weighted by Crippen LogP contribution is -2.46. The summed E-state index contributed by atoms with van der Waals surface area (Å²) < 4.78 is 77.5. The van der Waals surface area contributed by atoms with Gasteiger partial charge in [0, 0.05) is 12.0 Å². The van der Waals surface area contributed by atoms with Gasteiger partial charge in [0.1, 0.15) is 0 Å². The Morgan fingerprint density at radius 1 is 0.944 bits per heavy atom. The molecule has 0 radical (unpaired) electrons. The smallest absolute Gasteiger partial charge is 0.336 e. The number of benzene rings is 2. The third kappa shape index (κ3) is 9.22. The largest absolute Gasteiger partial charge is 0.399 e. The van der Waals surface area contributed by atoms with Crippen molar-refractivity contribution in [2.45, 2.75) is 44.2 Å². The first-order valence-electron chi connectivity index (χ1n) is 10.2. The molecule has 2 aromatic rings. The fraction of sp³-hybridized carbons (Fsp3) is 0.304. The molecule has 13 heteroatoms. The number of rotatable bonds is 8. The molecule has 0 saturated heterocycles. The highest BCUT2D eigenvalue weighted by molar-refractivity contribution is 6.48. The van der Waals surface area contributed by atoms with E-state index in [1.54, 1.807) is 0 Å². The van der Waals surface area contributed by atoms with E-state index in [1.807, 2.05) is 0 Å². The minimum Gasteiger partial charge on any atom is -0.336 e. The van der Waals surface area contributed by atoms with Crippen LogP contribution in [0.5, 0.6) is 0 Å². The molecule has 2 aromatic carbocycles. The van der Waals surface area contributed by atoms with Gasteiger partial charge in [-0.25, -0.2) is 0 Å². The van der Waals surface area contributed by atoms with Crippen LogP contribution in [0.15, 0.2) is 42.5 Å². The van der Waals surface area contributed by atoms with Crippen molar-refractivity contribution in [3.8, 4) is 0 Å². The van der Waals surface area contributed by atoms with Crippen molar-refractivity contribution in [1.29, 1.82) is 0 Å². The van der Waals surface area contributed by atoms with Crippen LogP contribution in [0.1, 0.15) is 47.2 Å². The van der Waals surface area contributed by atoms with Crippen molar-refractivity contribution in [2.24, 2.45) is 0 Å². The van der Waals surface area contributed by atoms with Gasteiger partial charge in [-0.1, -0.05) is 59.1 Å². The first-order chi connectivity index (χ1) is 16.6. The number of amides is 2. The number of carbonyl (C=O) groups excluding carboxylic acids is 2. The minimum atomic E-state index is -4.66. The molecule has 0 aliphatic heterocycles. The van der Waals surface area contributed by atoms with Crippen LogP contribution < -0.4 is 10.6 Å². The average molecular weight is 576 g/mol. The fourth-order valence-electron chi connectivity index (χ4n) is 3.00. The van der Waals surface area contributed by atoms with Crippen LogP contribution in [-0.4, -0.2) is 30.3 Å². The highest BCUT2D eigenvalue weighted by Crippen LogP contribution is 2.41. The van der Waals surface area contributed by atoms with E-state index in [9.17, 15) is 35.9 Å². The molecule has 0 aliphatic rings. The predicted molar refractivity (Wildman–Crippen MR) is 126 cm³/mol. The molecule has 36 heavy (non-hydrogen) atoms. The zero-order valence-electron chi connectivity index (χ0n) is 18.4. The van der Waals surface area contributed by atoms with Gasteiger partial charge in [-0.15, -0.1) is 0 Å². The Morgan fingerprint density at radius 3 is 2.00 bits per heavy atom. The molecule has 2 atom stereocenters. The highest BCUT2D eigenvalue weighted by Gasteiger charge is 2.39. The van der Waals surface area contributed by atoms with Crippen LogP contribution >= 0.6 is 34.8 Å². The van der Waals surface area contributed by atoms with E-state index in [-0.39, 0.29) is 26.2 Å². The Labute approximate surface area is 217 Å². The van der Waals surface area contributed by atoms with Crippen LogP contribution in [0, 0.1) is 0 Å². The Hall–Kier alpha value is -2.43. The zero-order valence-corrected chi connectivity index (χ0v) is 20.7. The first-order valence-corrected chi connectivity index (χ1v) is 11.4. The van der Waals surface area contributed by atoms with Crippen LogP contribution in [0.2, 0.25) is 15.1 Å². The first kappa shape index (κ1) is 29.8. The normalized spacial score (nSPS) is 13.9. The van der Waals surface area contributed by atoms with Gasteiger partial charge >= 0.3 is 12.4 Å². The number of hydrogen-bond donors (Lipinski definition) is 2. The summed E-state index contributed by atoms with van der Waals surface area (Å²) in [7, 11) is 0. The summed E-state index contributed by atoms with van der Waals surface area (Å²) in [6, 6.07) is 7.63. The van der Waals surface area contributed by atoms with Crippen LogP contribution in [0.3, 0.4) is 0 Å². The molecule has 0 heterocycles. The summed E-state index contributed by atoms with van der Waals surface area (Å²) in [6.45, 7) is 1.37. The molecule has 2 N–H and O–H groups in total. The number of hydrogen-bond acceptors (Lipinski definition) is 2. The second kappa shape index (κ2) is 12.2.